The molecule has 0 saturated carbocycles. The van der Waals surface area contributed by atoms with Gasteiger partial charge in [0, 0.05) is 38.2 Å². The molecule has 4 nitrogen and oxygen atoms in total. The van der Waals surface area contributed by atoms with Crippen molar-refractivity contribution in [2.45, 2.75) is 39.3 Å². The Kier molecular flexibility index (Phi) is 5.60. The van der Waals surface area contributed by atoms with Crippen molar-refractivity contribution < 1.29 is 4.74 Å². The number of methoxy groups -OCH3 is 1. The van der Waals surface area contributed by atoms with Crippen molar-refractivity contribution in [3.8, 4) is 0 Å². The molecule has 1 N–H and O–H groups in total. The van der Waals surface area contributed by atoms with E-state index in [4.69, 9.17) is 9.72 Å². The summed E-state index contributed by atoms with van der Waals surface area (Å²) < 4.78 is 5.02. The van der Waals surface area contributed by atoms with Gasteiger partial charge in [0.15, 0.2) is 5.13 Å². The molecule has 19 heavy (non-hydrogen) atoms. The fourth-order valence-corrected chi connectivity index (χ4v) is 3.45. The Morgan fingerprint density at radius 1 is 1.53 bits per heavy atom. The first-order valence-corrected chi connectivity index (χ1v) is 8.01. The molecule has 0 aliphatic carbocycles. The lowest BCUT2D eigenvalue weighted by molar-refractivity contribution is 0.199. The van der Waals surface area contributed by atoms with Crippen LogP contribution in [0.15, 0.2) is 5.38 Å². The SMILES string of the molecule is COCCNCc1csc(N2CCCC(C)C2C)n1. The number of rotatable bonds is 6. The van der Waals surface area contributed by atoms with Crippen LogP contribution in [0.5, 0.6) is 0 Å². The summed E-state index contributed by atoms with van der Waals surface area (Å²) >= 11 is 1.77. The molecule has 2 rings (SSSR count). The Balaban J connectivity index is 1.89. The number of ether oxygens (including phenoxy) is 1. The van der Waals surface area contributed by atoms with Crippen molar-refractivity contribution in [2.75, 3.05) is 31.7 Å². The number of aromatic nitrogens is 1. The molecule has 0 bridgehead atoms. The summed E-state index contributed by atoms with van der Waals surface area (Å²) in [4.78, 5) is 7.23. The highest BCUT2D eigenvalue weighted by atomic mass is 32.1. The summed E-state index contributed by atoms with van der Waals surface area (Å²) in [5, 5.41) is 6.69. The van der Waals surface area contributed by atoms with Crippen molar-refractivity contribution in [3.05, 3.63) is 11.1 Å². The molecular weight excluding hydrogens is 258 g/mol. The Labute approximate surface area is 120 Å². The second kappa shape index (κ2) is 7.22. The molecular formula is C14H25N3OS. The fraction of sp³-hybridized carbons (Fsp3) is 0.786. The Morgan fingerprint density at radius 2 is 2.37 bits per heavy atom. The van der Waals surface area contributed by atoms with E-state index < -0.39 is 0 Å². The molecule has 0 spiro atoms. The van der Waals surface area contributed by atoms with Gasteiger partial charge in [-0.25, -0.2) is 4.98 Å². The maximum atomic E-state index is 5.02. The van der Waals surface area contributed by atoms with E-state index in [1.807, 2.05) is 0 Å². The van der Waals surface area contributed by atoms with Crippen molar-refractivity contribution in [3.63, 3.8) is 0 Å². The van der Waals surface area contributed by atoms with E-state index in [1.165, 1.54) is 18.0 Å². The van der Waals surface area contributed by atoms with Crippen LogP contribution < -0.4 is 10.2 Å². The van der Waals surface area contributed by atoms with E-state index in [9.17, 15) is 0 Å². The van der Waals surface area contributed by atoms with Gasteiger partial charge in [-0.1, -0.05) is 6.92 Å². The Hall–Kier alpha value is -0.650. The predicted molar refractivity (Wildman–Crippen MR) is 80.9 cm³/mol. The van der Waals surface area contributed by atoms with Crippen LogP contribution in [0.4, 0.5) is 5.13 Å². The van der Waals surface area contributed by atoms with Crippen LogP contribution in [0, 0.1) is 5.92 Å². The average Bonchev–Trinajstić information content (AvgIpc) is 2.87. The van der Waals surface area contributed by atoms with E-state index in [1.54, 1.807) is 18.4 Å². The van der Waals surface area contributed by atoms with Crippen LogP contribution in [-0.2, 0) is 11.3 Å². The van der Waals surface area contributed by atoms with Crippen molar-refractivity contribution >= 4 is 16.5 Å². The first-order chi connectivity index (χ1) is 9.22. The molecule has 1 aliphatic rings. The van der Waals surface area contributed by atoms with Crippen LogP contribution in [0.2, 0.25) is 0 Å². The van der Waals surface area contributed by atoms with Crippen LogP contribution in [0.25, 0.3) is 0 Å². The minimum absolute atomic E-state index is 0.606. The number of thiazole rings is 1. The molecule has 1 saturated heterocycles. The molecule has 0 amide bonds. The first-order valence-electron chi connectivity index (χ1n) is 7.13. The molecule has 0 aromatic carbocycles. The minimum atomic E-state index is 0.606. The molecule has 2 atom stereocenters. The Morgan fingerprint density at radius 3 is 3.16 bits per heavy atom. The molecule has 0 radical (unpaired) electrons. The lowest BCUT2D eigenvalue weighted by atomic mass is 9.93. The lowest BCUT2D eigenvalue weighted by Gasteiger charge is -2.37. The highest BCUT2D eigenvalue weighted by Crippen LogP contribution is 2.30. The highest BCUT2D eigenvalue weighted by Gasteiger charge is 2.26. The van der Waals surface area contributed by atoms with Gasteiger partial charge >= 0.3 is 0 Å². The molecule has 1 aromatic heterocycles. The van der Waals surface area contributed by atoms with Crippen molar-refractivity contribution in [1.29, 1.82) is 0 Å². The fourth-order valence-electron chi connectivity index (χ4n) is 2.51. The molecule has 5 heteroatoms. The third kappa shape index (κ3) is 3.91. The second-order valence-electron chi connectivity index (χ2n) is 5.34. The summed E-state index contributed by atoms with van der Waals surface area (Å²) in [5.41, 5.74) is 1.14. The van der Waals surface area contributed by atoms with Crippen LogP contribution in [-0.4, -0.2) is 37.8 Å². The van der Waals surface area contributed by atoms with Gasteiger partial charge in [-0.3, -0.25) is 0 Å². The molecule has 108 valence electrons. The quantitative estimate of drug-likeness (QED) is 0.814. The van der Waals surface area contributed by atoms with Crippen molar-refractivity contribution in [1.82, 2.24) is 10.3 Å². The van der Waals surface area contributed by atoms with E-state index >= 15 is 0 Å². The van der Waals surface area contributed by atoms with E-state index in [-0.39, 0.29) is 0 Å². The summed E-state index contributed by atoms with van der Waals surface area (Å²) in [6.45, 7) is 8.27. The topological polar surface area (TPSA) is 37.4 Å². The zero-order valence-electron chi connectivity index (χ0n) is 12.2. The zero-order chi connectivity index (χ0) is 13.7. The predicted octanol–water partition coefficient (Wildman–Crippen LogP) is 2.50. The molecule has 1 aromatic rings. The summed E-state index contributed by atoms with van der Waals surface area (Å²) in [5.74, 6) is 0.765. The van der Waals surface area contributed by atoms with E-state index in [0.717, 1.165) is 37.9 Å². The minimum Gasteiger partial charge on any atom is -0.383 e. The monoisotopic (exact) mass is 283 g/mol. The van der Waals surface area contributed by atoms with E-state index in [0.29, 0.717) is 6.04 Å². The Bertz CT molecular complexity index is 383. The smallest absolute Gasteiger partial charge is 0.185 e. The van der Waals surface area contributed by atoms with Gasteiger partial charge in [-0.15, -0.1) is 11.3 Å². The summed E-state index contributed by atoms with van der Waals surface area (Å²) in [7, 11) is 1.72. The van der Waals surface area contributed by atoms with Gasteiger partial charge in [0.25, 0.3) is 0 Å². The molecule has 1 aliphatic heterocycles. The molecule has 2 heterocycles. The third-order valence-electron chi connectivity index (χ3n) is 3.95. The van der Waals surface area contributed by atoms with Crippen molar-refractivity contribution in [2.24, 2.45) is 5.92 Å². The normalized spacial score (nSPS) is 23.8. The van der Waals surface area contributed by atoms with Gasteiger partial charge in [0.2, 0.25) is 0 Å². The number of nitrogens with zero attached hydrogens (tertiary/aromatic N) is 2. The maximum Gasteiger partial charge on any atom is 0.185 e. The van der Waals surface area contributed by atoms with Gasteiger partial charge < -0.3 is 15.0 Å². The highest BCUT2D eigenvalue weighted by molar-refractivity contribution is 7.13. The number of hydrogen-bond acceptors (Lipinski definition) is 5. The van der Waals surface area contributed by atoms with Gasteiger partial charge in [0.05, 0.1) is 12.3 Å². The number of hydrogen-bond donors (Lipinski definition) is 1. The summed E-state index contributed by atoms with van der Waals surface area (Å²) in [6, 6.07) is 0.606. The lowest BCUT2D eigenvalue weighted by Crippen LogP contribution is -2.42. The molecule has 2 unspecified atom stereocenters. The number of piperidine rings is 1. The van der Waals surface area contributed by atoms with E-state index in [2.05, 4.69) is 29.4 Å². The largest absolute Gasteiger partial charge is 0.383 e. The van der Waals surface area contributed by atoms with Gasteiger partial charge in [-0.2, -0.15) is 0 Å². The van der Waals surface area contributed by atoms with Gasteiger partial charge in [0.1, 0.15) is 0 Å². The molecule has 1 fully saturated rings. The first kappa shape index (κ1) is 14.8. The van der Waals surface area contributed by atoms with Crippen LogP contribution in [0.3, 0.4) is 0 Å². The van der Waals surface area contributed by atoms with Crippen LogP contribution in [0.1, 0.15) is 32.4 Å². The average molecular weight is 283 g/mol. The van der Waals surface area contributed by atoms with Crippen LogP contribution >= 0.6 is 11.3 Å². The number of anilines is 1. The third-order valence-corrected chi connectivity index (χ3v) is 4.87. The maximum absolute atomic E-state index is 5.02. The second-order valence-corrected chi connectivity index (χ2v) is 6.18. The standard InChI is InChI=1S/C14H25N3OS/c1-11-5-4-7-17(12(11)2)14-16-13(10-19-14)9-15-6-8-18-3/h10-12,15H,4-9H2,1-3H3. The van der Waals surface area contributed by atoms with Gasteiger partial charge in [-0.05, 0) is 25.7 Å². The zero-order valence-corrected chi connectivity index (χ0v) is 13.0. The summed E-state index contributed by atoms with van der Waals surface area (Å²) in [6.07, 6.45) is 2.63. The number of nitrogens with one attached hydrogen (secondary N) is 1.